The van der Waals surface area contributed by atoms with Crippen LogP contribution in [0.2, 0.25) is 0 Å². The minimum Gasteiger partial charge on any atom is -0.356 e. The summed E-state index contributed by atoms with van der Waals surface area (Å²) in [6, 6.07) is 11.1. The Labute approximate surface area is 164 Å². The molecular formula is C21H23N5O2. The summed E-state index contributed by atoms with van der Waals surface area (Å²) >= 11 is 0. The Hall–Kier alpha value is -3.22. The van der Waals surface area contributed by atoms with E-state index in [-0.39, 0.29) is 11.9 Å². The van der Waals surface area contributed by atoms with E-state index in [0.29, 0.717) is 23.8 Å². The van der Waals surface area contributed by atoms with Gasteiger partial charge in [0.15, 0.2) is 5.76 Å². The van der Waals surface area contributed by atoms with Crippen LogP contribution in [0, 0.1) is 6.92 Å². The molecule has 1 aromatic carbocycles. The molecule has 1 aliphatic heterocycles. The van der Waals surface area contributed by atoms with Gasteiger partial charge in [0.05, 0.1) is 23.0 Å². The van der Waals surface area contributed by atoms with Crippen molar-refractivity contribution in [3.8, 4) is 11.3 Å². The highest BCUT2D eigenvalue weighted by Crippen LogP contribution is 2.38. The topological polar surface area (TPSA) is 75.4 Å². The lowest BCUT2D eigenvalue weighted by Gasteiger charge is -2.26. The number of likely N-dealkylation sites (tertiary alicyclic amines) is 1. The maximum atomic E-state index is 13.1. The number of aryl methyl sites for hydroxylation is 1. The summed E-state index contributed by atoms with van der Waals surface area (Å²) in [5, 5.41) is 4.00. The Morgan fingerprint density at radius 1 is 1.25 bits per heavy atom. The zero-order chi connectivity index (χ0) is 19.7. The fourth-order valence-electron chi connectivity index (χ4n) is 3.58. The molecule has 1 aliphatic rings. The van der Waals surface area contributed by atoms with Crippen LogP contribution in [0.1, 0.15) is 40.6 Å². The Balaban J connectivity index is 1.77. The van der Waals surface area contributed by atoms with Crippen LogP contribution in [-0.4, -0.2) is 46.6 Å². The van der Waals surface area contributed by atoms with E-state index >= 15 is 0 Å². The number of hydrogen-bond acceptors (Lipinski definition) is 6. The number of carbonyl (C=O) groups excluding carboxylic acids is 1. The molecule has 144 valence electrons. The summed E-state index contributed by atoms with van der Waals surface area (Å²) in [4.78, 5) is 26.1. The van der Waals surface area contributed by atoms with Gasteiger partial charge < -0.3 is 14.3 Å². The lowest BCUT2D eigenvalue weighted by Crippen LogP contribution is -2.31. The van der Waals surface area contributed by atoms with Gasteiger partial charge in [-0.1, -0.05) is 23.4 Å². The van der Waals surface area contributed by atoms with Crippen LogP contribution in [0.3, 0.4) is 0 Å². The minimum atomic E-state index is -0.130. The number of aromatic nitrogens is 3. The number of anilines is 1. The maximum Gasteiger partial charge on any atom is 0.254 e. The molecule has 1 saturated heterocycles. The second-order valence-electron chi connectivity index (χ2n) is 7.22. The largest absolute Gasteiger partial charge is 0.356 e. The molecule has 1 amide bonds. The second-order valence-corrected chi connectivity index (χ2v) is 7.22. The second kappa shape index (κ2) is 7.42. The van der Waals surface area contributed by atoms with Crippen LogP contribution in [0.5, 0.6) is 0 Å². The average molecular weight is 377 g/mol. The summed E-state index contributed by atoms with van der Waals surface area (Å²) in [5.74, 6) is 1.25. The fourth-order valence-corrected chi connectivity index (χ4v) is 3.58. The highest BCUT2D eigenvalue weighted by Gasteiger charge is 2.34. The first kappa shape index (κ1) is 18.2. The molecule has 2 aromatic heterocycles. The van der Waals surface area contributed by atoms with Crippen LogP contribution in [0.4, 0.5) is 5.95 Å². The van der Waals surface area contributed by atoms with Crippen molar-refractivity contribution in [2.75, 3.05) is 25.5 Å². The molecule has 1 fully saturated rings. The number of carbonyl (C=O) groups is 1. The normalized spacial score (nSPS) is 16.4. The lowest BCUT2D eigenvalue weighted by molar-refractivity contribution is 0.0733. The molecule has 0 radical (unpaired) electrons. The van der Waals surface area contributed by atoms with Crippen molar-refractivity contribution >= 4 is 11.9 Å². The number of amides is 1. The van der Waals surface area contributed by atoms with Crippen molar-refractivity contribution in [3.63, 3.8) is 0 Å². The Bertz CT molecular complexity index is 983. The van der Waals surface area contributed by atoms with Crippen molar-refractivity contribution in [2.24, 2.45) is 0 Å². The van der Waals surface area contributed by atoms with Gasteiger partial charge in [-0.2, -0.15) is 0 Å². The van der Waals surface area contributed by atoms with Gasteiger partial charge in [-0.05, 0) is 31.9 Å². The van der Waals surface area contributed by atoms with Gasteiger partial charge in [-0.15, -0.1) is 0 Å². The first-order valence-electron chi connectivity index (χ1n) is 9.38. The summed E-state index contributed by atoms with van der Waals surface area (Å²) < 4.78 is 5.48. The van der Waals surface area contributed by atoms with Crippen LogP contribution >= 0.6 is 0 Å². The lowest BCUT2D eigenvalue weighted by atomic mass is 10.0. The standard InChI is InChI=1S/C21H23N5O2/c1-14-12-18(28-24-14)16-13-22-21(25(2)3)23-19(16)17-10-7-11-26(17)20(27)15-8-5-4-6-9-15/h4-6,8-9,12-13,17H,7,10-11H2,1-3H3. The SMILES string of the molecule is Cc1cc(-c2cnc(N(C)C)nc2C2CCCN2C(=O)c2ccccc2)on1. The van der Waals surface area contributed by atoms with Gasteiger partial charge in [-0.3, -0.25) is 4.79 Å². The van der Waals surface area contributed by atoms with Crippen LogP contribution in [0.15, 0.2) is 47.1 Å². The summed E-state index contributed by atoms with van der Waals surface area (Å²) in [6.45, 7) is 2.58. The van der Waals surface area contributed by atoms with E-state index < -0.39 is 0 Å². The van der Waals surface area contributed by atoms with E-state index in [2.05, 4.69) is 10.1 Å². The van der Waals surface area contributed by atoms with Gasteiger partial charge in [0, 0.05) is 38.5 Å². The molecule has 28 heavy (non-hydrogen) atoms. The quantitative estimate of drug-likeness (QED) is 0.693. The third-order valence-electron chi connectivity index (χ3n) is 4.95. The molecule has 3 heterocycles. The molecule has 1 unspecified atom stereocenters. The Kier molecular flexibility index (Phi) is 4.81. The first-order valence-corrected chi connectivity index (χ1v) is 9.38. The highest BCUT2D eigenvalue weighted by atomic mass is 16.5. The van der Waals surface area contributed by atoms with Gasteiger partial charge in [-0.25, -0.2) is 9.97 Å². The zero-order valence-electron chi connectivity index (χ0n) is 16.3. The van der Waals surface area contributed by atoms with Gasteiger partial charge >= 0.3 is 0 Å². The summed E-state index contributed by atoms with van der Waals surface area (Å²) in [6.07, 6.45) is 3.54. The van der Waals surface area contributed by atoms with Crippen molar-refractivity contribution in [1.82, 2.24) is 20.0 Å². The predicted molar refractivity (Wildman–Crippen MR) is 106 cm³/mol. The number of benzene rings is 1. The van der Waals surface area contributed by atoms with Gasteiger partial charge in [0.2, 0.25) is 5.95 Å². The van der Waals surface area contributed by atoms with E-state index in [0.717, 1.165) is 29.8 Å². The third kappa shape index (κ3) is 3.35. The third-order valence-corrected chi connectivity index (χ3v) is 4.95. The smallest absolute Gasteiger partial charge is 0.254 e. The molecule has 1 atom stereocenters. The van der Waals surface area contributed by atoms with Crippen LogP contribution < -0.4 is 4.90 Å². The zero-order valence-corrected chi connectivity index (χ0v) is 16.3. The monoisotopic (exact) mass is 377 g/mol. The van der Waals surface area contributed by atoms with E-state index in [1.54, 1.807) is 6.20 Å². The highest BCUT2D eigenvalue weighted by molar-refractivity contribution is 5.94. The fraction of sp³-hybridized carbons (Fsp3) is 0.333. The summed E-state index contributed by atoms with van der Waals surface area (Å²) in [7, 11) is 3.80. The molecule has 0 spiro atoms. The number of nitrogens with zero attached hydrogens (tertiary/aromatic N) is 5. The van der Waals surface area contributed by atoms with Crippen molar-refractivity contribution in [3.05, 3.63) is 59.5 Å². The average Bonchev–Trinajstić information content (AvgIpc) is 3.36. The molecule has 0 saturated carbocycles. The van der Waals surface area contributed by atoms with Gasteiger partial charge in [0.1, 0.15) is 0 Å². The maximum absolute atomic E-state index is 13.1. The Morgan fingerprint density at radius 3 is 2.71 bits per heavy atom. The molecule has 4 rings (SSSR count). The molecule has 0 bridgehead atoms. The molecule has 0 aliphatic carbocycles. The van der Waals surface area contributed by atoms with E-state index in [4.69, 9.17) is 9.51 Å². The summed E-state index contributed by atoms with van der Waals surface area (Å²) in [5.41, 5.74) is 3.07. The predicted octanol–water partition coefficient (Wildman–Crippen LogP) is 3.48. The van der Waals surface area contributed by atoms with Gasteiger partial charge in [0.25, 0.3) is 5.91 Å². The molecule has 7 heteroatoms. The minimum absolute atomic E-state index is 0.0211. The van der Waals surface area contributed by atoms with Crippen molar-refractivity contribution in [1.29, 1.82) is 0 Å². The van der Waals surface area contributed by atoms with E-state index in [1.165, 1.54) is 0 Å². The van der Waals surface area contributed by atoms with Crippen LogP contribution in [0.25, 0.3) is 11.3 Å². The molecule has 7 nitrogen and oxygen atoms in total. The first-order chi connectivity index (χ1) is 13.5. The van der Waals surface area contributed by atoms with E-state index in [9.17, 15) is 4.79 Å². The molecule has 0 N–H and O–H groups in total. The number of rotatable bonds is 4. The molecular weight excluding hydrogens is 354 g/mol. The number of hydrogen-bond donors (Lipinski definition) is 0. The van der Waals surface area contributed by atoms with E-state index in [1.807, 2.05) is 67.2 Å². The molecule has 3 aromatic rings. The van der Waals surface area contributed by atoms with Crippen molar-refractivity contribution in [2.45, 2.75) is 25.8 Å². The van der Waals surface area contributed by atoms with Crippen LogP contribution in [-0.2, 0) is 0 Å². The Morgan fingerprint density at radius 2 is 2.04 bits per heavy atom. The van der Waals surface area contributed by atoms with Crippen molar-refractivity contribution < 1.29 is 9.32 Å².